The van der Waals surface area contributed by atoms with Gasteiger partial charge in [-0.25, -0.2) is 9.78 Å². The van der Waals surface area contributed by atoms with Crippen molar-refractivity contribution in [3.05, 3.63) is 45.9 Å². The third-order valence-electron chi connectivity index (χ3n) is 4.06. The van der Waals surface area contributed by atoms with E-state index in [1.54, 1.807) is 23.5 Å². The summed E-state index contributed by atoms with van der Waals surface area (Å²) in [5.74, 6) is 0.0361. The molecule has 0 radical (unpaired) electrons. The second-order valence-electron chi connectivity index (χ2n) is 6.62. The summed E-state index contributed by atoms with van der Waals surface area (Å²) in [6.07, 6.45) is 0. The number of aromatic nitrogens is 1. The molecule has 2 rings (SSSR count). The van der Waals surface area contributed by atoms with Gasteiger partial charge in [0.05, 0.1) is 17.2 Å². The molecule has 1 heterocycles. The van der Waals surface area contributed by atoms with E-state index in [1.165, 1.54) is 0 Å². The zero-order chi connectivity index (χ0) is 19.3. The molecule has 1 atom stereocenters. The highest BCUT2D eigenvalue weighted by Crippen LogP contribution is 2.31. The molecule has 26 heavy (non-hydrogen) atoms. The number of carbonyl (C=O) groups excluding carboxylic acids is 2. The maximum Gasteiger partial charge on any atom is 0.325 e. The van der Waals surface area contributed by atoms with Crippen LogP contribution in [0.4, 0.5) is 10.5 Å². The number of hydrogen-bond donors (Lipinski definition) is 2. The number of likely N-dealkylation sites (N-methyl/N-ethyl adjacent to an activating group) is 1. The van der Waals surface area contributed by atoms with Crippen molar-refractivity contribution < 1.29 is 9.59 Å². The summed E-state index contributed by atoms with van der Waals surface area (Å²) in [6, 6.07) is 8.53. The summed E-state index contributed by atoms with van der Waals surface area (Å²) in [5.41, 5.74) is 1.64. The van der Waals surface area contributed by atoms with Crippen LogP contribution in [0.3, 0.4) is 0 Å². The van der Waals surface area contributed by atoms with Crippen LogP contribution < -0.4 is 10.6 Å². The first-order chi connectivity index (χ1) is 12.3. The molecule has 0 aliphatic heterocycles. The fraction of sp³-hybridized carbons (Fsp3) is 0.421. The van der Waals surface area contributed by atoms with Crippen LogP contribution in [0.5, 0.6) is 0 Å². The van der Waals surface area contributed by atoms with Gasteiger partial charge in [0.15, 0.2) is 0 Å². The van der Waals surface area contributed by atoms with Gasteiger partial charge in [0, 0.05) is 22.5 Å². The number of para-hydroxylation sites is 1. The Labute approximate surface area is 158 Å². The van der Waals surface area contributed by atoms with Gasteiger partial charge in [0.2, 0.25) is 5.91 Å². The van der Waals surface area contributed by atoms with Gasteiger partial charge in [-0.1, -0.05) is 32.0 Å². The minimum Gasteiger partial charge on any atom is -0.308 e. The maximum atomic E-state index is 12.2. The molecule has 140 valence electrons. The van der Waals surface area contributed by atoms with Crippen molar-refractivity contribution in [1.82, 2.24) is 15.2 Å². The zero-order valence-corrected chi connectivity index (χ0v) is 16.7. The smallest absolute Gasteiger partial charge is 0.308 e. The van der Waals surface area contributed by atoms with Crippen LogP contribution in [0.1, 0.15) is 48.3 Å². The van der Waals surface area contributed by atoms with E-state index in [2.05, 4.69) is 29.5 Å². The van der Waals surface area contributed by atoms with Crippen molar-refractivity contribution in [3.63, 3.8) is 0 Å². The molecule has 0 unspecified atom stereocenters. The standard InChI is InChI=1S/C19H26N4O2S/c1-12(2)18-20-13(3)17(26-18)14(4)23(5)11-16(24)22-19(25)21-15-9-7-6-8-10-15/h6-10,12,14H,11H2,1-5H3,(H2,21,22,24,25)/t14-/m0/s1. The van der Waals surface area contributed by atoms with Gasteiger partial charge in [-0.05, 0) is 33.0 Å². The summed E-state index contributed by atoms with van der Waals surface area (Å²) in [4.78, 5) is 31.7. The van der Waals surface area contributed by atoms with Gasteiger partial charge in [-0.3, -0.25) is 15.0 Å². The van der Waals surface area contributed by atoms with Crippen LogP contribution in [-0.4, -0.2) is 35.4 Å². The lowest BCUT2D eigenvalue weighted by Gasteiger charge is -2.23. The van der Waals surface area contributed by atoms with E-state index in [0.717, 1.165) is 15.6 Å². The quantitative estimate of drug-likeness (QED) is 0.804. The number of amides is 3. The first kappa shape index (κ1) is 20.1. The highest BCUT2D eigenvalue weighted by molar-refractivity contribution is 7.11. The van der Waals surface area contributed by atoms with Gasteiger partial charge >= 0.3 is 6.03 Å². The summed E-state index contributed by atoms with van der Waals surface area (Å²) in [6.45, 7) is 8.40. The van der Waals surface area contributed by atoms with Gasteiger partial charge in [-0.2, -0.15) is 0 Å². The lowest BCUT2D eigenvalue weighted by Crippen LogP contribution is -2.41. The number of urea groups is 1. The topological polar surface area (TPSA) is 74.3 Å². The molecule has 1 aromatic heterocycles. The van der Waals surface area contributed by atoms with E-state index in [-0.39, 0.29) is 18.5 Å². The number of aryl methyl sites for hydroxylation is 1. The lowest BCUT2D eigenvalue weighted by atomic mass is 10.2. The Morgan fingerprint density at radius 2 is 1.85 bits per heavy atom. The molecule has 0 saturated heterocycles. The van der Waals surface area contributed by atoms with Crippen molar-refractivity contribution in [3.8, 4) is 0 Å². The Morgan fingerprint density at radius 3 is 2.42 bits per heavy atom. The van der Waals surface area contributed by atoms with Crippen LogP contribution >= 0.6 is 11.3 Å². The molecule has 3 amide bonds. The Hall–Kier alpha value is -2.25. The normalized spacial score (nSPS) is 12.3. The Morgan fingerprint density at radius 1 is 1.19 bits per heavy atom. The van der Waals surface area contributed by atoms with Gasteiger partial charge in [0.1, 0.15) is 0 Å². The van der Waals surface area contributed by atoms with Crippen molar-refractivity contribution in [1.29, 1.82) is 0 Å². The molecular weight excluding hydrogens is 348 g/mol. The Bertz CT molecular complexity index is 758. The molecular formula is C19H26N4O2S. The average molecular weight is 375 g/mol. The molecule has 1 aromatic carbocycles. The molecule has 0 fully saturated rings. The second-order valence-corrected chi connectivity index (χ2v) is 7.68. The third kappa shape index (κ3) is 5.37. The minimum absolute atomic E-state index is 0.0444. The molecule has 0 bridgehead atoms. The van der Waals surface area contributed by atoms with E-state index in [9.17, 15) is 9.59 Å². The van der Waals surface area contributed by atoms with Gasteiger partial charge in [0.25, 0.3) is 0 Å². The van der Waals surface area contributed by atoms with E-state index in [0.29, 0.717) is 11.6 Å². The highest BCUT2D eigenvalue weighted by atomic mass is 32.1. The fourth-order valence-electron chi connectivity index (χ4n) is 2.48. The molecule has 2 N–H and O–H groups in total. The van der Waals surface area contributed by atoms with E-state index >= 15 is 0 Å². The third-order valence-corrected chi connectivity index (χ3v) is 5.69. The number of anilines is 1. The number of nitrogens with one attached hydrogen (secondary N) is 2. The molecule has 6 nitrogen and oxygen atoms in total. The van der Waals surface area contributed by atoms with Crippen molar-refractivity contribution in [2.24, 2.45) is 0 Å². The Kier molecular flexibility index (Phi) is 6.88. The number of imide groups is 1. The van der Waals surface area contributed by atoms with Crippen molar-refractivity contribution in [2.45, 2.75) is 39.7 Å². The molecule has 0 saturated carbocycles. The van der Waals surface area contributed by atoms with Crippen LogP contribution in [-0.2, 0) is 4.79 Å². The zero-order valence-electron chi connectivity index (χ0n) is 15.9. The van der Waals surface area contributed by atoms with E-state index in [4.69, 9.17) is 0 Å². The number of nitrogens with zero attached hydrogens (tertiary/aromatic N) is 2. The SMILES string of the molecule is Cc1nc(C(C)C)sc1[C@H](C)N(C)CC(=O)NC(=O)Nc1ccccc1. The lowest BCUT2D eigenvalue weighted by molar-refractivity contribution is -0.121. The highest BCUT2D eigenvalue weighted by Gasteiger charge is 2.21. The van der Waals surface area contributed by atoms with E-state index in [1.807, 2.05) is 44.0 Å². The summed E-state index contributed by atoms with van der Waals surface area (Å²) in [7, 11) is 1.87. The van der Waals surface area contributed by atoms with Crippen molar-refractivity contribution >= 4 is 29.0 Å². The fourth-order valence-corrected chi connectivity index (χ4v) is 3.67. The molecule has 0 spiro atoms. The van der Waals surface area contributed by atoms with Crippen LogP contribution in [0.15, 0.2) is 30.3 Å². The predicted molar refractivity (Wildman–Crippen MR) is 106 cm³/mol. The molecule has 7 heteroatoms. The predicted octanol–water partition coefficient (Wildman–Crippen LogP) is 3.92. The minimum atomic E-state index is -0.529. The summed E-state index contributed by atoms with van der Waals surface area (Å²) >= 11 is 1.68. The molecule has 2 aromatic rings. The number of hydrogen-bond acceptors (Lipinski definition) is 5. The average Bonchev–Trinajstić information content (AvgIpc) is 2.96. The number of rotatable bonds is 6. The first-order valence-corrected chi connectivity index (χ1v) is 9.43. The van der Waals surface area contributed by atoms with Gasteiger partial charge in [-0.15, -0.1) is 11.3 Å². The Balaban J connectivity index is 1.90. The maximum absolute atomic E-state index is 12.2. The second kappa shape index (κ2) is 8.91. The number of thiazole rings is 1. The van der Waals surface area contributed by atoms with Crippen molar-refractivity contribution in [2.75, 3.05) is 18.9 Å². The summed E-state index contributed by atoms with van der Waals surface area (Å²) in [5, 5.41) is 6.10. The van der Waals surface area contributed by atoms with E-state index < -0.39 is 6.03 Å². The van der Waals surface area contributed by atoms with Crippen LogP contribution in [0, 0.1) is 6.92 Å². The van der Waals surface area contributed by atoms with Gasteiger partial charge < -0.3 is 5.32 Å². The number of benzene rings is 1. The summed E-state index contributed by atoms with van der Waals surface area (Å²) < 4.78 is 0. The monoisotopic (exact) mass is 374 g/mol. The van der Waals surface area contributed by atoms with Crippen LogP contribution in [0.25, 0.3) is 0 Å². The number of carbonyl (C=O) groups is 2. The molecule has 0 aliphatic carbocycles. The molecule has 0 aliphatic rings. The first-order valence-electron chi connectivity index (χ1n) is 8.61. The largest absolute Gasteiger partial charge is 0.325 e. The van der Waals surface area contributed by atoms with Crippen LogP contribution in [0.2, 0.25) is 0 Å².